The van der Waals surface area contributed by atoms with Crippen LogP contribution in [-0.4, -0.2) is 45.3 Å². The summed E-state index contributed by atoms with van der Waals surface area (Å²) in [6.45, 7) is 0.297. The van der Waals surface area contributed by atoms with Crippen molar-refractivity contribution in [1.29, 1.82) is 5.26 Å². The van der Waals surface area contributed by atoms with Gasteiger partial charge in [0, 0.05) is 24.1 Å². The molecule has 3 aliphatic rings. The highest BCUT2D eigenvalue weighted by molar-refractivity contribution is 5.81. The summed E-state index contributed by atoms with van der Waals surface area (Å²) in [4.78, 5) is 18.8. The van der Waals surface area contributed by atoms with Gasteiger partial charge in [0.25, 0.3) is 5.89 Å². The first kappa shape index (κ1) is 19.9. The smallest absolute Gasteiger partial charge is 0.258 e. The highest BCUT2D eigenvalue weighted by Gasteiger charge is 2.46. The third-order valence-corrected chi connectivity index (χ3v) is 6.71. The quantitative estimate of drug-likeness (QED) is 0.623. The van der Waals surface area contributed by atoms with Crippen molar-refractivity contribution >= 4 is 5.91 Å². The molecule has 2 heterocycles. The Hall–Kier alpha value is -3.70. The average Bonchev–Trinajstić information content (AvgIpc) is 3.25. The maximum absolute atomic E-state index is 12.4. The predicted octanol–water partition coefficient (Wildman–Crippen LogP) is 3.25. The van der Waals surface area contributed by atoms with E-state index >= 15 is 0 Å². The van der Waals surface area contributed by atoms with E-state index in [1.165, 1.54) is 0 Å². The number of aliphatic hydroxyl groups excluding tert-OH is 1. The van der Waals surface area contributed by atoms with Crippen molar-refractivity contribution in [3.63, 3.8) is 0 Å². The predicted molar refractivity (Wildman–Crippen MR) is 117 cm³/mol. The van der Waals surface area contributed by atoms with E-state index in [1.807, 2.05) is 24.3 Å². The van der Waals surface area contributed by atoms with Crippen LogP contribution in [0.15, 0.2) is 40.9 Å². The molecule has 2 aromatic carbocycles. The third-order valence-electron chi connectivity index (χ3n) is 6.71. The molecule has 0 radical (unpaired) electrons. The Morgan fingerprint density at radius 3 is 2.91 bits per heavy atom. The number of nitrogens with zero attached hydrogens (tertiary/aromatic N) is 4. The number of ether oxygens (including phenoxy) is 1. The standard InChI is InChI=1S/C25H22N4O4/c26-13-16-10-14(4-7-21(16)32-17-5-6-17)25-27-24(28-33-25)19-3-1-2-18-20(19)11-15-12-22(31)29(8-9-30)23(15)18/h1-4,7,10,15,17,23,30H,5-6,8-9,11-12H2/t15-,23+/m0/s1. The average molecular weight is 442 g/mol. The van der Waals surface area contributed by atoms with E-state index in [0.29, 0.717) is 41.6 Å². The van der Waals surface area contributed by atoms with E-state index in [2.05, 4.69) is 16.2 Å². The molecular weight excluding hydrogens is 420 g/mol. The van der Waals surface area contributed by atoms with Crippen molar-refractivity contribution < 1.29 is 19.2 Å². The second kappa shape index (κ2) is 7.71. The molecule has 8 nitrogen and oxygen atoms in total. The van der Waals surface area contributed by atoms with Gasteiger partial charge in [-0.15, -0.1) is 0 Å². The van der Waals surface area contributed by atoms with Crippen LogP contribution in [0.2, 0.25) is 0 Å². The van der Waals surface area contributed by atoms with E-state index < -0.39 is 0 Å². The topological polar surface area (TPSA) is 112 Å². The first-order valence-electron chi connectivity index (χ1n) is 11.2. The Kier molecular flexibility index (Phi) is 4.66. The fourth-order valence-corrected chi connectivity index (χ4v) is 5.09. The Morgan fingerprint density at radius 1 is 1.24 bits per heavy atom. The number of hydrogen-bond acceptors (Lipinski definition) is 7. The Balaban J connectivity index is 1.32. The number of carbonyl (C=O) groups is 1. The lowest BCUT2D eigenvalue weighted by Crippen LogP contribution is -2.30. The molecule has 2 atom stereocenters. The number of aromatic nitrogens is 2. The van der Waals surface area contributed by atoms with Crippen molar-refractivity contribution in [1.82, 2.24) is 15.0 Å². The third kappa shape index (κ3) is 3.36. The molecule has 8 heteroatoms. The molecule has 2 aliphatic carbocycles. The number of likely N-dealkylation sites (tertiary alicyclic amines) is 1. The lowest BCUT2D eigenvalue weighted by molar-refractivity contribution is -0.129. The van der Waals surface area contributed by atoms with Crippen LogP contribution in [0.4, 0.5) is 0 Å². The molecule has 0 spiro atoms. The van der Waals surface area contributed by atoms with Crippen LogP contribution in [0.3, 0.4) is 0 Å². The van der Waals surface area contributed by atoms with Crippen LogP contribution < -0.4 is 4.74 Å². The molecule has 0 bridgehead atoms. The van der Waals surface area contributed by atoms with E-state index in [4.69, 9.17) is 9.26 Å². The Bertz CT molecular complexity index is 1290. The summed E-state index contributed by atoms with van der Waals surface area (Å²) in [6, 6.07) is 13.5. The SMILES string of the molecule is N#Cc1cc(-c2nc(-c3cccc4c3C[C@H]3CC(=O)N(CCO)[C@@H]43)no2)ccc1OC1CC1. The minimum atomic E-state index is -0.0483. The first-order valence-corrected chi connectivity index (χ1v) is 11.2. The van der Waals surface area contributed by atoms with Gasteiger partial charge in [-0.05, 0) is 54.5 Å². The van der Waals surface area contributed by atoms with Gasteiger partial charge in [0.15, 0.2) is 0 Å². The lowest BCUT2D eigenvalue weighted by atomic mass is 10.0. The number of fused-ring (bicyclic) bond motifs is 3. The molecule has 1 aliphatic heterocycles. The fourth-order valence-electron chi connectivity index (χ4n) is 5.09. The van der Waals surface area contributed by atoms with Gasteiger partial charge in [0.1, 0.15) is 11.8 Å². The second-order valence-corrected chi connectivity index (χ2v) is 8.86. The van der Waals surface area contributed by atoms with Gasteiger partial charge in [-0.25, -0.2) is 0 Å². The van der Waals surface area contributed by atoms with Crippen molar-refractivity contribution in [2.75, 3.05) is 13.2 Å². The number of carbonyl (C=O) groups excluding carboxylic acids is 1. The van der Waals surface area contributed by atoms with Crippen molar-refractivity contribution in [3.8, 4) is 34.7 Å². The summed E-state index contributed by atoms with van der Waals surface area (Å²) in [5.74, 6) is 1.70. The number of rotatable bonds is 6. The number of aliphatic hydroxyl groups is 1. The Labute approximate surface area is 190 Å². The molecule has 2 fully saturated rings. The summed E-state index contributed by atoms with van der Waals surface area (Å²) in [5.41, 5.74) is 4.22. The normalized spacial score (nSPS) is 21.1. The molecule has 0 unspecified atom stereocenters. The van der Waals surface area contributed by atoms with Crippen molar-refractivity contribution in [2.45, 2.75) is 37.8 Å². The molecule has 6 rings (SSSR count). The highest BCUT2D eigenvalue weighted by Crippen LogP contribution is 2.49. The van der Waals surface area contributed by atoms with Crippen LogP contribution in [0.1, 0.15) is 42.0 Å². The van der Waals surface area contributed by atoms with Gasteiger partial charge in [0.2, 0.25) is 11.7 Å². The molecule has 1 amide bonds. The first-order chi connectivity index (χ1) is 16.2. The van der Waals surface area contributed by atoms with Gasteiger partial charge in [0.05, 0.1) is 24.3 Å². The fraction of sp³-hybridized carbons (Fsp3) is 0.360. The number of amides is 1. The monoisotopic (exact) mass is 442 g/mol. The zero-order valence-electron chi connectivity index (χ0n) is 17.9. The summed E-state index contributed by atoms with van der Waals surface area (Å²) < 4.78 is 11.4. The molecule has 166 valence electrons. The van der Waals surface area contributed by atoms with E-state index in [-0.39, 0.29) is 30.6 Å². The zero-order valence-corrected chi connectivity index (χ0v) is 17.9. The Morgan fingerprint density at radius 2 is 2.12 bits per heavy atom. The summed E-state index contributed by atoms with van der Waals surface area (Å²) >= 11 is 0. The van der Waals surface area contributed by atoms with Crippen LogP contribution in [0.5, 0.6) is 5.75 Å². The van der Waals surface area contributed by atoms with Crippen LogP contribution in [0, 0.1) is 17.2 Å². The van der Waals surface area contributed by atoms with Crippen molar-refractivity contribution in [3.05, 3.63) is 53.1 Å². The largest absolute Gasteiger partial charge is 0.489 e. The molecule has 1 saturated carbocycles. The summed E-state index contributed by atoms with van der Waals surface area (Å²) in [7, 11) is 0. The number of benzene rings is 2. The minimum Gasteiger partial charge on any atom is -0.489 e. The highest BCUT2D eigenvalue weighted by atomic mass is 16.5. The van der Waals surface area contributed by atoms with Gasteiger partial charge >= 0.3 is 0 Å². The molecule has 1 aromatic heterocycles. The van der Waals surface area contributed by atoms with Crippen LogP contribution in [-0.2, 0) is 11.2 Å². The molecule has 33 heavy (non-hydrogen) atoms. The number of β-amino-alcohol motifs (C(OH)–C–C–N with tert-alkyl or cyclic N) is 1. The molecule has 1 N–H and O–H groups in total. The maximum Gasteiger partial charge on any atom is 0.258 e. The molecular formula is C25H22N4O4. The lowest BCUT2D eigenvalue weighted by Gasteiger charge is -2.24. The van der Waals surface area contributed by atoms with E-state index in [1.54, 1.807) is 17.0 Å². The van der Waals surface area contributed by atoms with Crippen molar-refractivity contribution in [2.24, 2.45) is 5.92 Å². The van der Waals surface area contributed by atoms with Gasteiger partial charge < -0.3 is 19.3 Å². The van der Waals surface area contributed by atoms with Gasteiger partial charge in [-0.2, -0.15) is 10.2 Å². The van der Waals surface area contributed by atoms with Gasteiger partial charge in [-0.3, -0.25) is 4.79 Å². The van der Waals surface area contributed by atoms with Crippen LogP contribution >= 0.6 is 0 Å². The van der Waals surface area contributed by atoms with E-state index in [9.17, 15) is 15.2 Å². The minimum absolute atomic E-state index is 0.0110. The number of hydrogen-bond donors (Lipinski definition) is 1. The zero-order chi connectivity index (χ0) is 22.5. The second-order valence-electron chi connectivity index (χ2n) is 8.86. The summed E-state index contributed by atoms with van der Waals surface area (Å²) in [5, 5.41) is 23.2. The van der Waals surface area contributed by atoms with Gasteiger partial charge in [-0.1, -0.05) is 23.4 Å². The molecule has 3 aromatic rings. The number of nitriles is 1. The molecule has 1 saturated heterocycles. The summed E-state index contributed by atoms with van der Waals surface area (Å²) in [6.07, 6.45) is 3.51. The maximum atomic E-state index is 12.4. The van der Waals surface area contributed by atoms with E-state index in [0.717, 1.165) is 36.0 Å². The van der Waals surface area contributed by atoms with Crippen LogP contribution in [0.25, 0.3) is 22.8 Å².